The lowest BCUT2D eigenvalue weighted by molar-refractivity contribution is -0.137. The molecule has 1 unspecified atom stereocenters. The monoisotopic (exact) mass is 428 g/mol. The maximum Gasteiger partial charge on any atom is 0.243 e. The molecule has 30 heavy (non-hydrogen) atoms. The molecule has 1 N–H and O–H groups in total. The molecule has 2 heterocycles. The topological polar surface area (TPSA) is 77.9 Å². The van der Waals surface area contributed by atoms with Crippen LogP contribution in [0.15, 0.2) is 59.5 Å². The average Bonchev–Trinajstić information content (AvgIpc) is 2.80. The van der Waals surface area contributed by atoms with Gasteiger partial charge >= 0.3 is 0 Å². The summed E-state index contributed by atoms with van der Waals surface area (Å²) in [5.74, 6) is 0.534. The number of sulfonamides is 1. The summed E-state index contributed by atoms with van der Waals surface area (Å²) in [7, 11) is -3.69. The minimum atomic E-state index is -3.69. The molecule has 6 nitrogen and oxygen atoms in total. The van der Waals surface area contributed by atoms with Crippen molar-refractivity contribution in [3.8, 4) is 5.75 Å². The highest BCUT2D eigenvalue weighted by Crippen LogP contribution is 2.31. The van der Waals surface area contributed by atoms with E-state index in [0.29, 0.717) is 32.0 Å². The van der Waals surface area contributed by atoms with Crippen molar-refractivity contribution in [2.75, 3.05) is 19.6 Å². The summed E-state index contributed by atoms with van der Waals surface area (Å²) in [5, 5.41) is 9.48. The Hall–Kier alpha value is -2.38. The van der Waals surface area contributed by atoms with E-state index in [1.54, 1.807) is 42.5 Å². The second-order valence-electron chi connectivity index (χ2n) is 8.13. The number of carbonyl (C=O) groups excluding carboxylic acids is 1. The zero-order chi connectivity index (χ0) is 21.1. The van der Waals surface area contributed by atoms with Gasteiger partial charge in [-0.05, 0) is 61.4 Å². The van der Waals surface area contributed by atoms with Crippen LogP contribution in [0.1, 0.15) is 43.6 Å². The maximum atomic E-state index is 13.3. The molecule has 7 heteroatoms. The second-order valence-corrected chi connectivity index (χ2v) is 10.0. The van der Waals surface area contributed by atoms with Gasteiger partial charge in [-0.3, -0.25) is 4.79 Å². The van der Waals surface area contributed by atoms with Crippen molar-refractivity contribution in [2.24, 2.45) is 0 Å². The zero-order valence-electron chi connectivity index (χ0n) is 17.0. The lowest BCUT2D eigenvalue weighted by Gasteiger charge is -2.39. The van der Waals surface area contributed by atoms with Crippen LogP contribution >= 0.6 is 0 Å². The molecule has 2 aromatic rings. The third-order valence-corrected chi connectivity index (χ3v) is 8.18. The Kier molecular flexibility index (Phi) is 6.11. The molecule has 0 spiro atoms. The van der Waals surface area contributed by atoms with E-state index in [2.05, 4.69) is 0 Å². The molecule has 1 amide bonds. The number of benzene rings is 2. The van der Waals surface area contributed by atoms with Crippen molar-refractivity contribution in [3.05, 3.63) is 60.2 Å². The van der Waals surface area contributed by atoms with Crippen molar-refractivity contribution in [2.45, 2.75) is 49.0 Å². The van der Waals surface area contributed by atoms with Gasteiger partial charge in [-0.2, -0.15) is 4.31 Å². The number of piperidine rings is 2. The summed E-state index contributed by atoms with van der Waals surface area (Å²) in [4.78, 5) is 15.4. The summed E-state index contributed by atoms with van der Waals surface area (Å²) < 4.78 is 27.8. The van der Waals surface area contributed by atoms with Gasteiger partial charge in [0, 0.05) is 19.6 Å². The normalized spacial score (nSPS) is 21.5. The lowest BCUT2D eigenvalue weighted by atomic mass is 9.89. The molecule has 0 radical (unpaired) electrons. The number of aromatic hydroxyl groups is 1. The fourth-order valence-corrected chi connectivity index (χ4v) is 6.23. The number of rotatable bonds is 4. The Labute approximate surface area is 178 Å². The number of likely N-dealkylation sites (tertiary alicyclic amines) is 1. The van der Waals surface area contributed by atoms with Crippen molar-refractivity contribution < 1.29 is 18.3 Å². The van der Waals surface area contributed by atoms with Gasteiger partial charge in [0.1, 0.15) is 11.8 Å². The minimum Gasteiger partial charge on any atom is -0.508 e. The quantitative estimate of drug-likeness (QED) is 0.810. The van der Waals surface area contributed by atoms with Crippen LogP contribution in [0.25, 0.3) is 0 Å². The molecule has 0 aliphatic carbocycles. The first-order valence-electron chi connectivity index (χ1n) is 10.6. The van der Waals surface area contributed by atoms with Crippen LogP contribution in [0.5, 0.6) is 5.75 Å². The first-order chi connectivity index (χ1) is 14.5. The highest BCUT2D eigenvalue weighted by atomic mass is 32.2. The van der Waals surface area contributed by atoms with Crippen LogP contribution in [0.4, 0.5) is 0 Å². The Morgan fingerprint density at radius 3 is 2.20 bits per heavy atom. The van der Waals surface area contributed by atoms with E-state index in [1.165, 1.54) is 9.87 Å². The van der Waals surface area contributed by atoms with E-state index >= 15 is 0 Å². The number of phenolic OH excluding ortho intramolecular Hbond substituents is 1. The number of hydrogen-bond acceptors (Lipinski definition) is 4. The Morgan fingerprint density at radius 2 is 1.53 bits per heavy atom. The van der Waals surface area contributed by atoms with Crippen molar-refractivity contribution >= 4 is 15.9 Å². The lowest BCUT2D eigenvalue weighted by Crippen LogP contribution is -2.54. The molecule has 0 saturated carbocycles. The molecule has 2 saturated heterocycles. The van der Waals surface area contributed by atoms with E-state index < -0.39 is 16.1 Å². The third kappa shape index (κ3) is 4.23. The van der Waals surface area contributed by atoms with Gasteiger partial charge in [-0.15, -0.1) is 0 Å². The van der Waals surface area contributed by atoms with E-state index in [0.717, 1.165) is 25.7 Å². The predicted octanol–water partition coefficient (Wildman–Crippen LogP) is 3.34. The van der Waals surface area contributed by atoms with Gasteiger partial charge in [0.25, 0.3) is 0 Å². The smallest absolute Gasteiger partial charge is 0.243 e. The van der Waals surface area contributed by atoms with Gasteiger partial charge < -0.3 is 10.0 Å². The number of carbonyl (C=O) groups is 1. The largest absolute Gasteiger partial charge is 0.508 e. The number of hydrogen-bond donors (Lipinski definition) is 1. The first-order valence-corrected chi connectivity index (χ1v) is 12.1. The van der Waals surface area contributed by atoms with Gasteiger partial charge in [0.05, 0.1) is 4.90 Å². The molecule has 0 aromatic heterocycles. The number of phenols is 1. The molecule has 2 aliphatic rings. The molecule has 160 valence electrons. The molecular weight excluding hydrogens is 400 g/mol. The molecule has 2 fully saturated rings. The van der Waals surface area contributed by atoms with Crippen LogP contribution < -0.4 is 0 Å². The fraction of sp³-hybridized carbons (Fsp3) is 0.435. The predicted molar refractivity (Wildman–Crippen MR) is 115 cm³/mol. The highest BCUT2D eigenvalue weighted by Gasteiger charge is 2.40. The fourth-order valence-electron chi connectivity index (χ4n) is 4.56. The van der Waals surface area contributed by atoms with Gasteiger partial charge in [-0.25, -0.2) is 8.42 Å². The SMILES string of the molecule is O=C(C1CCCCN1S(=O)(=O)c1ccccc1)N1CCC(c2ccc(O)cc2)CC1. The van der Waals surface area contributed by atoms with Crippen LogP contribution in [-0.4, -0.2) is 54.3 Å². The highest BCUT2D eigenvalue weighted by molar-refractivity contribution is 7.89. The van der Waals surface area contributed by atoms with Crippen LogP contribution in [0.3, 0.4) is 0 Å². The summed E-state index contributed by atoms with van der Waals surface area (Å²) in [6.07, 6.45) is 3.89. The molecule has 1 atom stereocenters. The van der Waals surface area contributed by atoms with E-state index in [9.17, 15) is 18.3 Å². The Morgan fingerprint density at radius 1 is 0.867 bits per heavy atom. The number of amides is 1. The molecule has 2 aromatic carbocycles. The minimum absolute atomic E-state index is 0.0710. The molecule has 0 bridgehead atoms. The Bertz CT molecular complexity index is 968. The number of nitrogens with zero attached hydrogens (tertiary/aromatic N) is 2. The standard InChI is InChI=1S/C23H28N2O4S/c26-20-11-9-18(10-12-20)19-13-16-24(17-14-19)23(27)22-8-4-5-15-25(22)30(28,29)21-6-2-1-3-7-21/h1-3,6-7,9-12,19,22,26H,4-5,8,13-17H2. The summed E-state index contributed by atoms with van der Waals surface area (Å²) in [6, 6.07) is 15.0. The van der Waals surface area contributed by atoms with Crippen LogP contribution in [0, 0.1) is 0 Å². The van der Waals surface area contributed by atoms with Crippen LogP contribution in [-0.2, 0) is 14.8 Å². The van der Waals surface area contributed by atoms with E-state index in [1.807, 2.05) is 17.0 Å². The summed E-state index contributed by atoms with van der Waals surface area (Å²) in [6.45, 7) is 1.64. The Balaban J connectivity index is 1.46. The van der Waals surface area contributed by atoms with Gasteiger partial charge in [0.2, 0.25) is 15.9 Å². The van der Waals surface area contributed by atoms with Crippen molar-refractivity contribution in [1.29, 1.82) is 0 Å². The van der Waals surface area contributed by atoms with Crippen molar-refractivity contribution in [3.63, 3.8) is 0 Å². The summed E-state index contributed by atoms with van der Waals surface area (Å²) >= 11 is 0. The van der Waals surface area contributed by atoms with E-state index in [4.69, 9.17) is 0 Å². The molecule has 2 aliphatic heterocycles. The average molecular weight is 429 g/mol. The van der Waals surface area contributed by atoms with Crippen molar-refractivity contribution in [1.82, 2.24) is 9.21 Å². The molecular formula is C23H28N2O4S. The van der Waals surface area contributed by atoms with Gasteiger partial charge in [0.15, 0.2) is 0 Å². The maximum absolute atomic E-state index is 13.3. The van der Waals surface area contributed by atoms with Gasteiger partial charge in [-0.1, -0.05) is 36.8 Å². The summed E-state index contributed by atoms with van der Waals surface area (Å²) in [5.41, 5.74) is 1.17. The third-order valence-electron chi connectivity index (χ3n) is 6.26. The zero-order valence-corrected chi connectivity index (χ0v) is 17.8. The van der Waals surface area contributed by atoms with E-state index in [-0.39, 0.29) is 16.6 Å². The van der Waals surface area contributed by atoms with Crippen LogP contribution in [0.2, 0.25) is 0 Å². The molecule has 4 rings (SSSR count). The second kappa shape index (κ2) is 8.78. The first kappa shape index (κ1) is 20.9.